The quantitative estimate of drug-likeness (QED) is 0.661. The monoisotopic (exact) mass is 206 g/mol. The molecule has 1 rings (SSSR count). The summed E-state index contributed by atoms with van der Waals surface area (Å²) in [5, 5.41) is 0. The normalized spacial score (nSPS) is 10.3. The van der Waals surface area contributed by atoms with Gasteiger partial charge < -0.3 is 0 Å². The van der Waals surface area contributed by atoms with Gasteiger partial charge >= 0.3 is 0 Å². The maximum Gasteiger partial charge on any atom is 0.123 e. The highest BCUT2D eigenvalue weighted by atomic mass is 19.1. The van der Waals surface area contributed by atoms with Gasteiger partial charge in [0.05, 0.1) is 0 Å². The minimum atomic E-state index is -0.165. The van der Waals surface area contributed by atoms with E-state index in [1.54, 1.807) is 6.07 Å². The van der Waals surface area contributed by atoms with E-state index in [0.29, 0.717) is 0 Å². The average molecular weight is 206 g/mol. The minimum Gasteiger partial charge on any atom is -0.207 e. The molecule has 82 valence electrons. The summed E-state index contributed by atoms with van der Waals surface area (Å²) in [6.07, 6.45) is 4.08. The molecule has 1 aromatic rings. The second-order valence-electron chi connectivity index (χ2n) is 3.91. The van der Waals surface area contributed by atoms with Gasteiger partial charge in [0.1, 0.15) is 5.82 Å². The van der Waals surface area contributed by atoms with Crippen molar-refractivity contribution in [3.63, 3.8) is 0 Å². The molecule has 0 amide bonds. The molecular weight excluding hydrogens is 187 g/mol. The number of hydrogen-bond acceptors (Lipinski definition) is 0. The van der Waals surface area contributed by atoms with E-state index in [0.717, 1.165) is 36.8 Å². The van der Waals surface area contributed by atoms with Gasteiger partial charge in [-0.05, 0) is 41.7 Å². The van der Waals surface area contributed by atoms with Crippen LogP contribution in [-0.4, -0.2) is 0 Å². The molecule has 0 saturated heterocycles. The zero-order valence-electron chi connectivity index (χ0n) is 9.65. The van der Waals surface area contributed by atoms with Crippen LogP contribution in [0.4, 0.5) is 4.39 Å². The number of halogens is 1. The van der Waals surface area contributed by atoms with Gasteiger partial charge in [0.2, 0.25) is 0 Å². The predicted molar refractivity (Wildman–Crippen MR) is 64.3 cm³/mol. The highest BCUT2D eigenvalue weighted by Crippen LogP contribution is 2.24. The molecule has 0 N–H and O–H groups in total. The van der Waals surface area contributed by atoms with E-state index in [2.05, 4.69) is 20.4 Å². The highest BCUT2D eigenvalue weighted by Gasteiger charge is 2.06. The molecule has 15 heavy (non-hydrogen) atoms. The van der Waals surface area contributed by atoms with E-state index in [9.17, 15) is 4.39 Å². The van der Waals surface area contributed by atoms with Crippen LogP contribution in [0.3, 0.4) is 0 Å². The van der Waals surface area contributed by atoms with Crippen LogP contribution >= 0.6 is 0 Å². The Kier molecular flexibility index (Phi) is 4.54. The van der Waals surface area contributed by atoms with Crippen molar-refractivity contribution < 1.29 is 4.39 Å². The van der Waals surface area contributed by atoms with Gasteiger partial charge in [0, 0.05) is 0 Å². The number of benzene rings is 1. The first-order chi connectivity index (χ1) is 7.19. The molecule has 0 spiro atoms. The van der Waals surface area contributed by atoms with Gasteiger partial charge in [-0.15, -0.1) is 0 Å². The Hall–Kier alpha value is -1.11. The molecule has 0 aliphatic heterocycles. The summed E-state index contributed by atoms with van der Waals surface area (Å²) < 4.78 is 13.1. The molecule has 0 atom stereocenters. The van der Waals surface area contributed by atoms with Crippen molar-refractivity contribution in [2.24, 2.45) is 0 Å². The Bertz CT molecular complexity index is 339. The number of hydrogen-bond donors (Lipinski definition) is 0. The van der Waals surface area contributed by atoms with Gasteiger partial charge in [-0.2, -0.15) is 0 Å². The molecule has 0 nitrogen and oxygen atoms in total. The molecule has 0 saturated carbocycles. The van der Waals surface area contributed by atoms with Gasteiger partial charge in [-0.25, -0.2) is 4.39 Å². The predicted octanol–water partition coefficient (Wildman–Crippen LogP) is 4.59. The van der Waals surface area contributed by atoms with E-state index in [-0.39, 0.29) is 5.82 Å². The summed E-state index contributed by atoms with van der Waals surface area (Å²) in [5.41, 5.74) is 3.29. The lowest BCUT2D eigenvalue weighted by molar-refractivity contribution is 0.626. The second-order valence-corrected chi connectivity index (χ2v) is 3.91. The standard InChI is InChI=1S/C14H19F/c1-4-6-11(3)14-10-13(15)9-8-12(14)7-5-2/h8-10H,3-7H2,1-2H3. The van der Waals surface area contributed by atoms with Crippen LogP contribution in [0.25, 0.3) is 5.57 Å². The second kappa shape index (κ2) is 5.69. The van der Waals surface area contributed by atoms with Crippen molar-refractivity contribution in [1.29, 1.82) is 0 Å². The average Bonchev–Trinajstić information content (AvgIpc) is 2.21. The molecule has 0 radical (unpaired) electrons. The summed E-state index contributed by atoms with van der Waals surface area (Å²) >= 11 is 0. The molecule has 0 aromatic heterocycles. The van der Waals surface area contributed by atoms with Crippen LogP contribution in [-0.2, 0) is 6.42 Å². The molecule has 1 aromatic carbocycles. The first-order valence-corrected chi connectivity index (χ1v) is 5.65. The summed E-state index contributed by atoms with van der Waals surface area (Å²) in [5.74, 6) is -0.165. The summed E-state index contributed by atoms with van der Waals surface area (Å²) in [6, 6.07) is 5.03. The molecule has 0 fully saturated rings. The van der Waals surface area contributed by atoms with Crippen molar-refractivity contribution in [2.45, 2.75) is 39.5 Å². The van der Waals surface area contributed by atoms with Crippen molar-refractivity contribution in [3.8, 4) is 0 Å². The van der Waals surface area contributed by atoms with Crippen LogP contribution in [0.1, 0.15) is 44.2 Å². The van der Waals surface area contributed by atoms with Crippen LogP contribution in [0.5, 0.6) is 0 Å². The lowest BCUT2D eigenvalue weighted by Gasteiger charge is -2.11. The van der Waals surface area contributed by atoms with Gasteiger partial charge in [-0.3, -0.25) is 0 Å². The molecule has 0 unspecified atom stereocenters. The van der Waals surface area contributed by atoms with Gasteiger partial charge in [-0.1, -0.05) is 39.3 Å². The topological polar surface area (TPSA) is 0 Å². The SMILES string of the molecule is C=C(CCC)c1cc(F)ccc1CCC. The van der Waals surface area contributed by atoms with E-state index in [1.807, 2.05) is 6.07 Å². The fourth-order valence-corrected chi connectivity index (χ4v) is 1.80. The number of allylic oxidation sites excluding steroid dienone is 1. The maximum atomic E-state index is 13.1. The van der Waals surface area contributed by atoms with Crippen molar-refractivity contribution in [3.05, 3.63) is 41.7 Å². The van der Waals surface area contributed by atoms with E-state index < -0.39 is 0 Å². The number of aryl methyl sites for hydroxylation is 1. The molecule has 1 heteroatoms. The van der Waals surface area contributed by atoms with Crippen LogP contribution in [0.2, 0.25) is 0 Å². The lowest BCUT2D eigenvalue weighted by Crippen LogP contribution is -1.94. The molecule has 0 aliphatic rings. The third-order valence-corrected chi connectivity index (χ3v) is 2.52. The fourth-order valence-electron chi connectivity index (χ4n) is 1.80. The highest BCUT2D eigenvalue weighted by molar-refractivity contribution is 5.66. The van der Waals surface area contributed by atoms with Gasteiger partial charge in [0.15, 0.2) is 0 Å². The molecule has 0 heterocycles. The van der Waals surface area contributed by atoms with Crippen molar-refractivity contribution in [1.82, 2.24) is 0 Å². The maximum absolute atomic E-state index is 13.1. The fraction of sp³-hybridized carbons (Fsp3) is 0.429. The molecule has 0 bridgehead atoms. The Morgan fingerprint density at radius 3 is 2.60 bits per heavy atom. The van der Waals surface area contributed by atoms with E-state index in [1.165, 1.54) is 11.6 Å². The third kappa shape index (κ3) is 3.19. The van der Waals surface area contributed by atoms with Crippen LogP contribution in [0.15, 0.2) is 24.8 Å². The minimum absolute atomic E-state index is 0.165. The van der Waals surface area contributed by atoms with Crippen LogP contribution in [0, 0.1) is 5.82 Å². The summed E-state index contributed by atoms with van der Waals surface area (Å²) in [7, 11) is 0. The van der Waals surface area contributed by atoms with E-state index >= 15 is 0 Å². The Balaban J connectivity index is 3.00. The first kappa shape index (κ1) is 12.0. The molecular formula is C14H19F. The summed E-state index contributed by atoms with van der Waals surface area (Å²) in [6.45, 7) is 8.28. The Morgan fingerprint density at radius 2 is 2.00 bits per heavy atom. The zero-order valence-corrected chi connectivity index (χ0v) is 9.65. The lowest BCUT2D eigenvalue weighted by atomic mass is 9.95. The molecule has 0 aliphatic carbocycles. The van der Waals surface area contributed by atoms with Crippen molar-refractivity contribution in [2.75, 3.05) is 0 Å². The Morgan fingerprint density at radius 1 is 1.27 bits per heavy atom. The van der Waals surface area contributed by atoms with Gasteiger partial charge in [0.25, 0.3) is 0 Å². The Labute approximate surface area is 91.8 Å². The first-order valence-electron chi connectivity index (χ1n) is 5.65. The largest absolute Gasteiger partial charge is 0.207 e. The van der Waals surface area contributed by atoms with Crippen LogP contribution < -0.4 is 0 Å². The smallest absolute Gasteiger partial charge is 0.123 e. The van der Waals surface area contributed by atoms with Crippen molar-refractivity contribution >= 4 is 5.57 Å². The summed E-state index contributed by atoms with van der Waals surface area (Å²) in [4.78, 5) is 0. The number of rotatable bonds is 5. The van der Waals surface area contributed by atoms with E-state index in [4.69, 9.17) is 0 Å². The third-order valence-electron chi connectivity index (χ3n) is 2.52. The zero-order chi connectivity index (χ0) is 11.3.